The van der Waals surface area contributed by atoms with E-state index < -0.39 is 0 Å². The molecule has 2 aliphatic carbocycles. The van der Waals surface area contributed by atoms with Gasteiger partial charge in [-0.2, -0.15) is 0 Å². The van der Waals surface area contributed by atoms with Crippen LogP contribution in [0.15, 0.2) is 30.3 Å². The highest BCUT2D eigenvalue weighted by atomic mass is 32.1. The first-order valence-corrected chi connectivity index (χ1v) is 11.2. The van der Waals surface area contributed by atoms with E-state index in [-0.39, 0.29) is 29.1 Å². The van der Waals surface area contributed by atoms with Gasteiger partial charge in [-0.3, -0.25) is 4.79 Å². The van der Waals surface area contributed by atoms with Crippen LogP contribution in [-0.4, -0.2) is 19.0 Å². The lowest BCUT2D eigenvalue weighted by Gasteiger charge is -2.33. The molecule has 3 atom stereocenters. The van der Waals surface area contributed by atoms with Crippen LogP contribution in [0.1, 0.15) is 65.9 Å². The van der Waals surface area contributed by atoms with Crippen molar-refractivity contribution in [1.82, 2.24) is 0 Å². The van der Waals surface area contributed by atoms with E-state index in [9.17, 15) is 9.59 Å². The number of hydrogen-bond acceptors (Lipinski definition) is 4. The molecule has 29 heavy (non-hydrogen) atoms. The lowest BCUT2D eigenvalue weighted by atomic mass is 9.72. The monoisotopic (exact) mass is 411 g/mol. The summed E-state index contributed by atoms with van der Waals surface area (Å²) in [5, 5.41) is 3.74. The molecule has 5 heteroatoms. The summed E-state index contributed by atoms with van der Waals surface area (Å²) in [4.78, 5) is 26.7. The number of benzene rings is 1. The summed E-state index contributed by atoms with van der Waals surface area (Å²) < 4.78 is 5.06. The highest BCUT2D eigenvalue weighted by molar-refractivity contribution is 7.17. The Labute approximate surface area is 176 Å². The smallest absolute Gasteiger partial charge is 0.341 e. The summed E-state index contributed by atoms with van der Waals surface area (Å²) in [5.41, 5.74) is 3.09. The molecule has 2 aliphatic rings. The van der Waals surface area contributed by atoms with Crippen LogP contribution in [0.4, 0.5) is 5.00 Å². The fourth-order valence-electron chi connectivity index (χ4n) is 4.49. The van der Waals surface area contributed by atoms with E-state index in [1.165, 1.54) is 17.6 Å². The number of nitrogens with one attached hydrogen (secondary N) is 1. The maximum Gasteiger partial charge on any atom is 0.341 e. The summed E-state index contributed by atoms with van der Waals surface area (Å²) in [6.45, 7) is 6.82. The SMILES string of the molecule is COC(=O)c1c(NC(=O)[C@H]2C[C@@H]2c2ccccc2)sc2c1CC[C@@H](C(C)(C)C)C2. The van der Waals surface area contributed by atoms with Crippen LogP contribution in [0.5, 0.6) is 0 Å². The molecule has 154 valence electrons. The van der Waals surface area contributed by atoms with Gasteiger partial charge in [0.2, 0.25) is 5.91 Å². The van der Waals surface area contributed by atoms with Crippen molar-refractivity contribution in [2.45, 2.75) is 52.4 Å². The number of amides is 1. The van der Waals surface area contributed by atoms with Crippen molar-refractivity contribution < 1.29 is 14.3 Å². The number of esters is 1. The zero-order valence-corrected chi connectivity index (χ0v) is 18.4. The van der Waals surface area contributed by atoms with Crippen molar-refractivity contribution in [3.8, 4) is 0 Å². The van der Waals surface area contributed by atoms with Crippen LogP contribution < -0.4 is 5.32 Å². The van der Waals surface area contributed by atoms with E-state index >= 15 is 0 Å². The predicted octanol–water partition coefficient (Wildman–Crippen LogP) is 5.43. The van der Waals surface area contributed by atoms with Gasteiger partial charge in [-0.15, -0.1) is 11.3 Å². The maximum atomic E-state index is 12.9. The second-order valence-electron chi connectivity index (χ2n) is 9.35. The van der Waals surface area contributed by atoms with Crippen molar-refractivity contribution in [2.75, 3.05) is 12.4 Å². The lowest BCUT2D eigenvalue weighted by Crippen LogP contribution is -2.26. The van der Waals surface area contributed by atoms with Crippen LogP contribution in [0.2, 0.25) is 0 Å². The van der Waals surface area contributed by atoms with Crippen LogP contribution in [0.25, 0.3) is 0 Å². The topological polar surface area (TPSA) is 55.4 Å². The number of carbonyl (C=O) groups excluding carboxylic acids is 2. The molecular weight excluding hydrogens is 382 g/mol. The Morgan fingerprint density at radius 1 is 1.17 bits per heavy atom. The largest absolute Gasteiger partial charge is 0.465 e. The number of carbonyl (C=O) groups is 2. The zero-order chi connectivity index (χ0) is 20.8. The van der Waals surface area contributed by atoms with Crippen LogP contribution in [0, 0.1) is 17.3 Å². The summed E-state index contributed by atoms with van der Waals surface area (Å²) in [7, 11) is 1.41. The molecule has 1 amide bonds. The first-order valence-electron chi connectivity index (χ1n) is 10.4. The molecule has 0 bridgehead atoms. The quantitative estimate of drug-likeness (QED) is 0.683. The van der Waals surface area contributed by atoms with Gasteiger partial charge in [-0.25, -0.2) is 4.79 Å². The number of ether oxygens (including phenoxy) is 1. The van der Waals surface area contributed by atoms with Gasteiger partial charge in [-0.1, -0.05) is 51.1 Å². The van der Waals surface area contributed by atoms with E-state index in [1.807, 2.05) is 18.2 Å². The highest BCUT2D eigenvalue weighted by Crippen LogP contribution is 2.49. The van der Waals surface area contributed by atoms with Crippen LogP contribution >= 0.6 is 11.3 Å². The molecule has 0 saturated heterocycles. The number of hydrogen-bond donors (Lipinski definition) is 1. The Hall–Kier alpha value is -2.14. The Bertz CT molecular complexity index is 926. The third-order valence-corrected chi connectivity index (χ3v) is 7.64. The molecule has 4 nitrogen and oxygen atoms in total. The molecule has 0 spiro atoms. The zero-order valence-electron chi connectivity index (χ0n) is 17.6. The number of rotatable bonds is 4. The van der Waals surface area contributed by atoms with Gasteiger partial charge in [0.25, 0.3) is 0 Å². The molecule has 1 aromatic heterocycles. The summed E-state index contributed by atoms with van der Waals surface area (Å²) in [6, 6.07) is 10.2. The fourth-order valence-corrected chi connectivity index (χ4v) is 5.81. The van der Waals surface area contributed by atoms with Crippen LogP contribution in [0.3, 0.4) is 0 Å². The van der Waals surface area contributed by atoms with Gasteiger partial charge in [-0.05, 0) is 54.1 Å². The fraction of sp³-hybridized carbons (Fsp3) is 0.500. The molecule has 1 saturated carbocycles. The van der Waals surface area contributed by atoms with Gasteiger partial charge in [0, 0.05) is 10.8 Å². The van der Waals surface area contributed by atoms with E-state index in [0.717, 1.165) is 31.2 Å². The maximum absolute atomic E-state index is 12.9. The molecule has 1 aromatic carbocycles. The van der Waals surface area contributed by atoms with E-state index in [0.29, 0.717) is 16.5 Å². The standard InChI is InChI=1S/C24H29NO3S/c1-24(2,3)15-10-11-16-19(12-15)29-22(20(16)23(27)28-4)25-21(26)18-13-17(18)14-8-6-5-7-9-14/h5-9,15,17-18H,10-13H2,1-4H3,(H,25,26)/t15-,17-,18+/m1/s1. The molecule has 0 aliphatic heterocycles. The van der Waals surface area contributed by atoms with E-state index in [1.54, 1.807) is 11.3 Å². The second kappa shape index (κ2) is 7.60. The number of thiophene rings is 1. The van der Waals surface area contributed by atoms with Gasteiger partial charge in [0.15, 0.2) is 0 Å². The number of anilines is 1. The molecule has 4 rings (SSSR count). The molecule has 1 heterocycles. The Balaban J connectivity index is 1.55. The normalized spacial score (nSPS) is 23.2. The molecule has 1 fully saturated rings. The first-order chi connectivity index (χ1) is 13.8. The van der Waals surface area contributed by atoms with Gasteiger partial charge in [0.05, 0.1) is 12.7 Å². The molecule has 0 radical (unpaired) electrons. The van der Waals surface area contributed by atoms with Gasteiger partial charge >= 0.3 is 5.97 Å². The Kier molecular flexibility index (Phi) is 5.28. The van der Waals surface area contributed by atoms with Gasteiger partial charge < -0.3 is 10.1 Å². The average Bonchev–Trinajstić information content (AvgIpc) is 3.42. The lowest BCUT2D eigenvalue weighted by molar-refractivity contribution is -0.117. The van der Waals surface area contributed by atoms with E-state index in [4.69, 9.17) is 4.74 Å². The Morgan fingerprint density at radius 2 is 1.90 bits per heavy atom. The minimum absolute atomic E-state index is 0.00924. The minimum atomic E-state index is -0.345. The second-order valence-corrected chi connectivity index (χ2v) is 10.5. The van der Waals surface area contributed by atoms with E-state index in [2.05, 4.69) is 38.2 Å². The van der Waals surface area contributed by atoms with Crippen molar-refractivity contribution in [1.29, 1.82) is 0 Å². The third kappa shape index (κ3) is 3.97. The van der Waals surface area contributed by atoms with Crippen LogP contribution in [-0.2, 0) is 22.4 Å². The van der Waals surface area contributed by atoms with Gasteiger partial charge in [0.1, 0.15) is 5.00 Å². The number of methoxy groups -OCH3 is 1. The summed E-state index contributed by atoms with van der Waals surface area (Å²) in [5.74, 6) is 0.493. The molecule has 1 N–H and O–H groups in total. The summed E-state index contributed by atoms with van der Waals surface area (Å²) >= 11 is 1.56. The average molecular weight is 412 g/mol. The molecular formula is C24H29NO3S. The summed E-state index contributed by atoms with van der Waals surface area (Å²) in [6.07, 6.45) is 3.74. The predicted molar refractivity (Wildman–Crippen MR) is 117 cm³/mol. The first kappa shape index (κ1) is 20.1. The Morgan fingerprint density at radius 3 is 2.55 bits per heavy atom. The molecule has 2 aromatic rings. The van der Waals surface area contributed by atoms with Crippen molar-refractivity contribution >= 4 is 28.2 Å². The van der Waals surface area contributed by atoms with Crippen molar-refractivity contribution in [3.63, 3.8) is 0 Å². The number of fused-ring (bicyclic) bond motifs is 1. The third-order valence-electron chi connectivity index (χ3n) is 6.47. The minimum Gasteiger partial charge on any atom is -0.465 e. The van der Waals surface area contributed by atoms with Crippen molar-refractivity contribution in [3.05, 3.63) is 51.9 Å². The van der Waals surface area contributed by atoms with Crippen molar-refractivity contribution in [2.24, 2.45) is 17.3 Å². The highest BCUT2D eigenvalue weighted by Gasteiger charge is 2.44. The molecule has 0 unspecified atom stereocenters.